The van der Waals surface area contributed by atoms with Gasteiger partial charge in [0, 0.05) is 33.2 Å². The van der Waals surface area contributed by atoms with Gasteiger partial charge in [0.2, 0.25) is 0 Å². The van der Waals surface area contributed by atoms with E-state index in [1.807, 2.05) is 36.4 Å². The van der Waals surface area contributed by atoms with Crippen molar-refractivity contribution in [3.05, 3.63) is 253 Å². The molecule has 8 aromatic carbocycles. The van der Waals surface area contributed by atoms with E-state index in [9.17, 15) is 0 Å². The number of hydrogen-bond acceptors (Lipinski definition) is 3. The van der Waals surface area contributed by atoms with Crippen molar-refractivity contribution in [3.63, 3.8) is 0 Å². The lowest BCUT2D eigenvalue weighted by molar-refractivity contribution is 1.02. The summed E-state index contributed by atoms with van der Waals surface area (Å²) in [5.74, 6) is 1.99. The minimum absolute atomic E-state index is 0.660. The molecule has 11 rings (SSSR count). The number of aryl methyl sites for hydroxylation is 1. The third kappa shape index (κ3) is 7.92. The zero-order chi connectivity index (χ0) is 43.5. The summed E-state index contributed by atoms with van der Waals surface area (Å²) in [5, 5.41) is 2.42. The fraction of sp³-hybridized carbons (Fsp3) is 0.0656. The number of para-hydroxylation sites is 1. The minimum atomic E-state index is 0.660. The number of rotatable bonds is 9. The van der Waals surface area contributed by atoms with Gasteiger partial charge in [0.05, 0.1) is 11.0 Å². The van der Waals surface area contributed by atoms with Crippen LogP contribution in [0.1, 0.15) is 40.9 Å². The highest BCUT2D eigenvalue weighted by atomic mass is 15.0. The van der Waals surface area contributed by atoms with Crippen molar-refractivity contribution in [3.8, 4) is 50.7 Å². The molecule has 0 bridgehead atoms. The van der Waals surface area contributed by atoms with Crippen LogP contribution in [0.4, 0.5) is 0 Å². The molecule has 0 fully saturated rings. The molecule has 0 saturated carbocycles. The molecule has 1 aliphatic carbocycles. The van der Waals surface area contributed by atoms with Crippen molar-refractivity contribution in [2.24, 2.45) is 0 Å². The fourth-order valence-electron chi connectivity index (χ4n) is 9.34. The Bertz CT molecular complexity index is 3390. The van der Waals surface area contributed by atoms with E-state index in [0.29, 0.717) is 17.5 Å². The molecular formula is C61H46N4. The van der Waals surface area contributed by atoms with Crippen molar-refractivity contribution in [2.75, 3.05) is 0 Å². The summed E-state index contributed by atoms with van der Waals surface area (Å²) in [6, 6.07) is 71.4. The van der Waals surface area contributed by atoms with Crippen molar-refractivity contribution >= 4 is 33.0 Å². The SMILES string of the molecule is Cc1cccc(-c2cccc(-n3c4ccccc4c4cc(C5=C/C(c6nc(-c7ccccc7)nc(-c7ccccc7)n6)=C/CC/C=C\5)ccc43)c2)c1-c1ccccc1Cc1ccccc1. The molecule has 0 unspecified atom stereocenters. The van der Waals surface area contributed by atoms with E-state index < -0.39 is 0 Å². The topological polar surface area (TPSA) is 43.6 Å². The van der Waals surface area contributed by atoms with Gasteiger partial charge in [-0.25, -0.2) is 15.0 Å². The molecule has 0 atom stereocenters. The standard InChI is InChI=1S/C61H46N4/c1-42-20-18-34-53(58(42)52-32-15-14-28-48(52)38-43-21-6-2-7-22-43)49-30-19-31-51(40-49)65-56-35-17-16-33-54(56)55-41-47(36-37-57(55)65)46-27-12-5-13-29-50(39-46)61-63-59(44-23-8-3-9-24-44)62-60(64-61)45-25-10-4-11-26-45/h2-4,6-12,14-37,39-41H,5,13,38H2,1H3/b27-12-,46-39+,50-29-. The maximum Gasteiger partial charge on any atom is 0.164 e. The molecular weight excluding hydrogens is 789 g/mol. The van der Waals surface area contributed by atoms with Crippen molar-refractivity contribution in [2.45, 2.75) is 26.2 Å². The number of benzene rings is 8. The summed E-state index contributed by atoms with van der Waals surface area (Å²) >= 11 is 0. The van der Waals surface area contributed by atoms with Gasteiger partial charge in [0.15, 0.2) is 17.5 Å². The number of fused-ring (bicyclic) bond motifs is 3. The van der Waals surface area contributed by atoms with Crippen LogP contribution in [-0.4, -0.2) is 19.5 Å². The Morgan fingerprint density at radius 1 is 0.462 bits per heavy atom. The van der Waals surface area contributed by atoms with Crippen molar-refractivity contribution in [1.82, 2.24) is 19.5 Å². The minimum Gasteiger partial charge on any atom is -0.309 e. The van der Waals surface area contributed by atoms with Crippen LogP contribution in [0.5, 0.6) is 0 Å². The molecule has 0 radical (unpaired) electrons. The van der Waals surface area contributed by atoms with Gasteiger partial charge in [0.25, 0.3) is 0 Å². The van der Waals surface area contributed by atoms with Crippen LogP contribution in [0.2, 0.25) is 0 Å². The second kappa shape index (κ2) is 17.5. The van der Waals surface area contributed by atoms with Gasteiger partial charge in [0.1, 0.15) is 0 Å². The first-order valence-electron chi connectivity index (χ1n) is 22.5. The summed E-state index contributed by atoms with van der Waals surface area (Å²) in [5.41, 5.74) is 17.5. The van der Waals surface area contributed by atoms with Crippen LogP contribution in [0.15, 0.2) is 224 Å². The average Bonchev–Trinajstić information content (AvgIpc) is 3.69. The molecule has 0 N–H and O–H groups in total. The first-order chi connectivity index (χ1) is 32.1. The van der Waals surface area contributed by atoms with E-state index in [-0.39, 0.29) is 0 Å². The van der Waals surface area contributed by atoms with Gasteiger partial charge in [-0.2, -0.15) is 0 Å². The van der Waals surface area contributed by atoms with E-state index in [2.05, 4.69) is 200 Å². The smallest absolute Gasteiger partial charge is 0.164 e. The third-order valence-electron chi connectivity index (χ3n) is 12.5. The fourth-order valence-corrected chi connectivity index (χ4v) is 9.34. The Kier molecular flexibility index (Phi) is 10.7. The van der Waals surface area contributed by atoms with Crippen LogP contribution < -0.4 is 0 Å². The normalized spacial score (nSPS) is 14.8. The summed E-state index contributed by atoms with van der Waals surface area (Å²) in [4.78, 5) is 15.1. The number of nitrogens with zero attached hydrogens (tertiary/aromatic N) is 4. The molecule has 0 saturated heterocycles. The Labute approximate surface area is 380 Å². The molecule has 1 aliphatic rings. The van der Waals surface area contributed by atoms with Gasteiger partial charge in [-0.1, -0.05) is 188 Å². The Balaban J connectivity index is 1.00. The Morgan fingerprint density at radius 2 is 1.09 bits per heavy atom. The first kappa shape index (κ1) is 39.6. The molecule has 0 amide bonds. The first-order valence-corrected chi connectivity index (χ1v) is 22.5. The van der Waals surface area contributed by atoms with E-state index in [1.54, 1.807) is 0 Å². The summed E-state index contributed by atoms with van der Waals surface area (Å²) in [7, 11) is 0. The van der Waals surface area contributed by atoms with Gasteiger partial charge in [-0.3, -0.25) is 0 Å². The Hall–Kier alpha value is -8.21. The van der Waals surface area contributed by atoms with Crippen LogP contribution in [0, 0.1) is 6.92 Å². The lowest BCUT2D eigenvalue weighted by Gasteiger charge is -2.18. The largest absolute Gasteiger partial charge is 0.309 e. The highest BCUT2D eigenvalue weighted by Gasteiger charge is 2.19. The zero-order valence-corrected chi connectivity index (χ0v) is 36.3. The highest BCUT2D eigenvalue weighted by Crippen LogP contribution is 2.40. The molecule has 2 heterocycles. The third-order valence-corrected chi connectivity index (χ3v) is 12.5. The number of allylic oxidation sites excluding steroid dienone is 6. The van der Waals surface area contributed by atoms with Crippen LogP contribution in [-0.2, 0) is 6.42 Å². The van der Waals surface area contributed by atoms with E-state index in [1.165, 1.54) is 55.2 Å². The van der Waals surface area contributed by atoms with Gasteiger partial charge in [-0.15, -0.1) is 0 Å². The maximum atomic E-state index is 5.10. The molecule has 4 heteroatoms. The van der Waals surface area contributed by atoms with Crippen LogP contribution in [0.3, 0.4) is 0 Å². The zero-order valence-electron chi connectivity index (χ0n) is 36.3. The van der Waals surface area contributed by atoms with Crippen molar-refractivity contribution < 1.29 is 0 Å². The average molecular weight is 835 g/mol. The monoisotopic (exact) mass is 834 g/mol. The van der Waals surface area contributed by atoms with Gasteiger partial charge < -0.3 is 4.57 Å². The predicted molar refractivity (Wildman–Crippen MR) is 271 cm³/mol. The van der Waals surface area contributed by atoms with Crippen LogP contribution in [0.25, 0.3) is 83.7 Å². The maximum absolute atomic E-state index is 5.10. The number of hydrogen-bond donors (Lipinski definition) is 0. The lowest BCUT2D eigenvalue weighted by Crippen LogP contribution is -2.03. The highest BCUT2D eigenvalue weighted by molar-refractivity contribution is 6.10. The summed E-state index contributed by atoms with van der Waals surface area (Å²) < 4.78 is 2.42. The van der Waals surface area contributed by atoms with E-state index in [0.717, 1.165) is 58.3 Å². The summed E-state index contributed by atoms with van der Waals surface area (Å²) in [6.07, 6.45) is 11.7. The van der Waals surface area contributed by atoms with Crippen molar-refractivity contribution in [1.29, 1.82) is 0 Å². The Morgan fingerprint density at radius 3 is 1.88 bits per heavy atom. The molecule has 310 valence electrons. The molecule has 65 heavy (non-hydrogen) atoms. The number of aromatic nitrogens is 4. The molecule has 2 aromatic heterocycles. The van der Waals surface area contributed by atoms with Gasteiger partial charge in [-0.05, 0) is 113 Å². The summed E-state index contributed by atoms with van der Waals surface area (Å²) in [6.45, 7) is 2.24. The van der Waals surface area contributed by atoms with E-state index in [4.69, 9.17) is 15.0 Å². The quantitative estimate of drug-likeness (QED) is 0.145. The predicted octanol–water partition coefficient (Wildman–Crippen LogP) is 15.4. The molecule has 4 nitrogen and oxygen atoms in total. The van der Waals surface area contributed by atoms with Gasteiger partial charge >= 0.3 is 0 Å². The lowest BCUT2D eigenvalue weighted by atomic mass is 9.87. The second-order valence-corrected chi connectivity index (χ2v) is 16.7. The molecule has 0 aliphatic heterocycles. The van der Waals surface area contributed by atoms with E-state index >= 15 is 0 Å². The second-order valence-electron chi connectivity index (χ2n) is 16.7. The molecule has 10 aromatic rings. The molecule has 0 spiro atoms. The van der Waals surface area contributed by atoms with Crippen LogP contribution >= 0.6 is 0 Å².